The Hall–Kier alpha value is -1.07. The highest BCUT2D eigenvalue weighted by Crippen LogP contribution is 2.31. The van der Waals surface area contributed by atoms with Crippen molar-refractivity contribution in [3.05, 3.63) is 45.5 Å². The van der Waals surface area contributed by atoms with Crippen molar-refractivity contribution >= 4 is 37.5 Å². The highest BCUT2D eigenvalue weighted by atomic mass is 79.9. The lowest BCUT2D eigenvalue weighted by molar-refractivity contribution is 0.461. The molecule has 0 radical (unpaired) electrons. The van der Waals surface area contributed by atoms with Crippen LogP contribution in [0.25, 0.3) is 0 Å². The molecule has 0 bridgehead atoms. The van der Waals surface area contributed by atoms with E-state index in [0.717, 1.165) is 8.95 Å². The quantitative estimate of drug-likeness (QED) is 0.839. The SMILES string of the molecule is Nc1ccccc1Oc1ncc(Br)cc1Br. The Kier molecular flexibility index (Phi) is 3.46. The molecule has 1 aromatic heterocycles. The molecule has 0 saturated carbocycles. The van der Waals surface area contributed by atoms with Crippen molar-refractivity contribution < 1.29 is 4.74 Å². The van der Waals surface area contributed by atoms with Gasteiger partial charge in [0.2, 0.25) is 5.88 Å². The van der Waals surface area contributed by atoms with Gasteiger partial charge in [0, 0.05) is 10.7 Å². The second-order valence-electron chi connectivity index (χ2n) is 3.08. The molecule has 0 unspecified atom stereocenters. The molecule has 0 amide bonds. The third kappa shape index (κ3) is 2.54. The molecular weight excluding hydrogens is 336 g/mol. The summed E-state index contributed by atoms with van der Waals surface area (Å²) in [7, 11) is 0. The summed E-state index contributed by atoms with van der Waals surface area (Å²) in [6.45, 7) is 0. The number of aromatic nitrogens is 1. The number of halogens is 2. The maximum Gasteiger partial charge on any atom is 0.233 e. The second-order valence-corrected chi connectivity index (χ2v) is 4.85. The molecule has 2 aromatic rings. The normalized spacial score (nSPS) is 10.1. The third-order valence-corrected chi connectivity index (χ3v) is 2.90. The number of hydrogen-bond donors (Lipinski definition) is 1. The van der Waals surface area contributed by atoms with E-state index >= 15 is 0 Å². The Morgan fingerprint density at radius 2 is 1.94 bits per heavy atom. The maximum absolute atomic E-state index is 5.77. The van der Waals surface area contributed by atoms with E-state index in [1.165, 1.54) is 0 Å². The number of nitrogens with zero attached hydrogens (tertiary/aromatic N) is 1. The van der Waals surface area contributed by atoms with Crippen LogP contribution in [0.1, 0.15) is 0 Å². The molecule has 0 spiro atoms. The van der Waals surface area contributed by atoms with Gasteiger partial charge >= 0.3 is 0 Å². The van der Waals surface area contributed by atoms with Gasteiger partial charge in [0.05, 0.1) is 10.2 Å². The highest BCUT2D eigenvalue weighted by Gasteiger charge is 2.06. The van der Waals surface area contributed by atoms with E-state index in [1.54, 1.807) is 18.3 Å². The summed E-state index contributed by atoms with van der Waals surface area (Å²) < 4.78 is 7.24. The van der Waals surface area contributed by atoms with E-state index in [1.807, 2.05) is 18.2 Å². The van der Waals surface area contributed by atoms with Crippen molar-refractivity contribution in [1.29, 1.82) is 0 Å². The smallest absolute Gasteiger partial charge is 0.233 e. The van der Waals surface area contributed by atoms with Crippen LogP contribution in [0.2, 0.25) is 0 Å². The third-order valence-electron chi connectivity index (χ3n) is 1.90. The van der Waals surface area contributed by atoms with Crippen LogP contribution in [0.3, 0.4) is 0 Å². The van der Waals surface area contributed by atoms with Gasteiger partial charge in [0.25, 0.3) is 0 Å². The standard InChI is InChI=1S/C11H8Br2N2O/c12-7-5-8(13)11(15-6-7)16-10-4-2-1-3-9(10)14/h1-6H,14H2. The molecule has 0 aliphatic heterocycles. The minimum Gasteiger partial charge on any atom is -0.436 e. The fraction of sp³-hybridized carbons (Fsp3) is 0. The Bertz CT molecular complexity index is 517. The monoisotopic (exact) mass is 342 g/mol. The van der Waals surface area contributed by atoms with Gasteiger partial charge < -0.3 is 10.5 Å². The van der Waals surface area contributed by atoms with E-state index in [-0.39, 0.29) is 0 Å². The topological polar surface area (TPSA) is 48.1 Å². The first-order chi connectivity index (χ1) is 7.66. The number of pyridine rings is 1. The molecule has 1 heterocycles. The Morgan fingerprint density at radius 1 is 1.19 bits per heavy atom. The number of nitrogens with two attached hydrogens (primary N) is 1. The number of para-hydroxylation sites is 2. The van der Waals surface area contributed by atoms with Crippen molar-refractivity contribution in [2.45, 2.75) is 0 Å². The fourth-order valence-corrected chi connectivity index (χ4v) is 2.22. The molecule has 5 heteroatoms. The van der Waals surface area contributed by atoms with Crippen LogP contribution in [0.15, 0.2) is 45.5 Å². The minimum absolute atomic E-state index is 0.487. The van der Waals surface area contributed by atoms with Crippen LogP contribution in [0.5, 0.6) is 11.6 Å². The van der Waals surface area contributed by atoms with Gasteiger partial charge in [-0.2, -0.15) is 0 Å². The summed E-state index contributed by atoms with van der Waals surface area (Å²) in [4.78, 5) is 4.14. The number of ether oxygens (including phenoxy) is 1. The second kappa shape index (κ2) is 4.84. The molecular formula is C11H8Br2N2O. The van der Waals surface area contributed by atoms with Crippen LogP contribution in [0.4, 0.5) is 5.69 Å². The van der Waals surface area contributed by atoms with Gasteiger partial charge in [-0.1, -0.05) is 12.1 Å². The van der Waals surface area contributed by atoms with Gasteiger partial charge in [-0.3, -0.25) is 0 Å². The molecule has 0 fully saturated rings. The van der Waals surface area contributed by atoms with Crippen LogP contribution in [-0.4, -0.2) is 4.98 Å². The van der Waals surface area contributed by atoms with Gasteiger partial charge in [0.1, 0.15) is 0 Å². The van der Waals surface area contributed by atoms with Crippen molar-refractivity contribution in [3.63, 3.8) is 0 Å². The predicted octanol–water partition coefficient (Wildman–Crippen LogP) is 3.98. The molecule has 0 aliphatic rings. The zero-order valence-corrected chi connectivity index (χ0v) is 11.3. The Balaban J connectivity index is 2.31. The molecule has 0 atom stereocenters. The summed E-state index contributed by atoms with van der Waals surface area (Å²) in [6.07, 6.45) is 1.67. The van der Waals surface area contributed by atoms with Crippen molar-refractivity contribution in [2.24, 2.45) is 0 Å². The molecule has 1 aromatic carbocycles. The van der Waals surface area contributed by atoms with Crippen LogP contribution < -0.4 is 10.5 Å². The van der Waals surface area contributed by atoms with E-state index in [0.29, 0.717) is 17.3 Å². The number of nitrogen functional groups attached to an aromatic ring is 1. The average Bonchev–Trinajstić information content (AvgIpc) is 2.25. The molecule has 2 rings (SSSR count). The number of benzene rings is 1. The van der Waals surface area contributed by atoms with Crippen molar-refractivity contribution in [1.82, 2.24) is 4.98 Å². The van der Waals surface area contributed by atoms with Crippen molar-refractivity contribution in [2.75, 3.05) is 5.73 Å². The van der Waals surface area contributed by atoms with Crippen LogP contribution in [-0.2, 0) is 0 Å². The van der Waals surface area contributed by atoms with Crippen LogP contribution >= 0.6 is 31.9 Å². The zero-order valence-electron chi connectivity index (χ0n) is 8.15. The first kappa shape index (κ1) is 11.4. The Labute approximate surface area is 110 Å². The number of rotatable bonds is 2. The van der Waals surface area contributed by atoms with E-state index in [9.17, 15) is 0 Å². The minimum atomic E-state index is 0.487. The first-order valence-electron chi connectivity index (χ1n) is 4.50. The van der Waals surface area contributed by atoms with Gasteiger partial charge in [0.15, 0.2) is 5.75 Å². The number of hydrogen-bond acceptors (Lipinski definition) is 3. The lowest BCUT2D eigenvalue weighted by Crippen LogP contribution is -1.93. The van der Waals surface area contributed by atoms with Gasteiger partial charge in [-0.05, 0) is 50.1 Å². The summed E-state index contributed by atoms with van der Waals surface area (Å²) in [6, 6.07) is 9.15. The molecule has 16 heavy (non-hydrogen) atoms. The highest BCUT2D eigenvalue weighted by molar-refractivity contribution is 9.11. The summed E-state index contributed by atoms with van der Waals surface area (Å²) in [5.74, 6) is 1.08. The molecule has 82 valence electrons. The van der Waals surface area contributed by atoms with Gasteiger partial charge in [-0.25, -0.2) is 4.98 Å². The summed E-state index contributed by atoms with van der Waals surface area (Å²) in [5.41, 5.74) is 6.35. The lowest BCUT2D eigenvalue weighted by atomic mass is 10.3. The van der Waals surface area contributed by atoms with E-state index in [4.69, 9.17) is 10.5 Å². The fourth-order valence-electron chi connectivity index (χ4n) is 1.15. The maximum atomic E-state index is 5.77. The first-order valence-corrected chi connectivity index (χ1v) is 6.09. The zero-order chi connectivity index (χ0) is 11.5. The molecule has 3 nitrogen and oxygen atoms in total. The molecule has 0 aliphatic carbocycles. The van der Waals surface area contributed by atoms with E-state index < -0.39 is 0 Å². The average molecular weight is 344 g/mol. The Morgan fingerprint density at radius 3 is 2.62 bits per heavy atom. The lowest BCUT2D eigenvalue weighted by Gasteiger charge is -2.08. The largest absolute Gasteiger partial charge is 0.436 e. The predicted molar refractivity (Wildman–Crippen MR) is 70.6 cm³/mol. The molecule has 2 N–H and O–H groups in total. The van der Waals surface area contributed by atoms with Gasteiger partial charge in [-0.15, -0.1) is 0 Å². The summed E-state index contributed by atoms with van der Waals surface area (Å²) >= 11 is 6.69. The number of anilines is 1. The molecule has 0 saturated heterocycles. The van der Waals surface area contributed by atoms with Crippen LogP contribution in [0, 0.1) is 0 Å². The van der Waals surface area contributed by atoms with Crippen molar-refractivity contribution in [3.8, 4) is 11.6 Å². The van der Waals surface area contributed by atoms with E-state index in [2.05, 4.69) is 36.8 Å². The summed E-state index contributed by atoms with van der Waals surface area (Å²) in [5, 5.41) is 0.